The van der Waals surface area contributed by atoms with Crippen LogP contribution in [0.2, 0.25) is 0 Å². The van der Waals surface area contributed by atoms with E-state index in [0.717, 1.165) is 32.1 Å². The van der Waals surface area contributed by atoms with Crippen molar-refractivity contribution in [3.63, 3.8) is 0 Å². The number of nitrogens with zero attached hydrogens (tertiary/aromatic N) is 6. The highest BCUT2D eigenvalue weighted by molar-refractivity contribution is 6.04. The molecule has 0 spiro atoms. The van der Waals surface area contributed by atoms with E-state index in [1.165, 1.54) is 11.0 Å². The van der Waals surface area contributed by atoms with Crippen LogP contribution in [0.3, 0.4) is 0 Å². The van der Waals surface area contributed by atoms with Gasteiger partial charge in [0.1, 0.15) is 12.7 Å². The maximum atomic E-state index is 13.3. The molecule has 0 radical (unpaired) electrons. The van der Waals surface area contributed by atoms with E-state index in [9.17, 15) is 9.59 Å². The molecule has 8 nitrogen and oxygen atoms in total. The fourth-order valence-corrected chi connectivity index (χ4v) is 3.95. The molecule has 3 aromatic rings. The molecular weight excluding hydrogens is 368 g/mol. The molecular formula is C21H26N6O2. The Morgan fingerprint density at radius 2 is 1.90 bits per heavy atom. The van der Waals surface area contributed by atoms with Gasteiger partial charge >= 0.3 is 0 Å². The van der Waals surface area contributed by atoms with Crippen molar-refractivity contribution in [1.82, 2.24) is 29.4 Å². The number of benzene rings is 1. The van der Waals surface area contributed by atoms with Gasteiger partial charge in [0.05, 0.1) is 11.4 Å². The largest absolute Gasteiger partial charge is 0.337 e. The number of hydrogen-bond acceptors (Lipinski definition) is 5. The predicted octanol–water partition coefficient (Wildman–Crippen LogP) is 2.66. The van der Waals surface area contributed by atoms with Crippen molar-refractivity contribution in [2.75, 3.05) is 13.1 Å². The Morgan fingerprint density at radius 1 is 1.14 bits per heavy atom. The van der Waals surface area contributed by atoms with Gasteiger partial charge in [-0.05, 0) is 25.3 Å². The molecule has 1 aliphatic rings. The zero-order chi connectivity index (χ0) is 20.2. The first-order chi connectivity index (χ1) is 14.2. The molecule has 1 aromatic carbocycles. The second kappa shape index (κ2) is 8.55. The number of carbonyl (C=O) groups is 1. The summed E-state index contributed by atoms with van der Waals surface area (Å²) in [4.78, 5) is 32.0. The smallest absolute Gasteiger partial charge is 0.274 e. The number of unbranched alkanes of at least 4 members (excludes halogenated alkanes) is 2. The van der Waals surface area contributed by atoms with Gasteiger partial charge in [-0.2, -0.15) is 10.2 Å². The summed E-state index contributed by atoms with van der Waals surface area (Å²) in [6, 6.07) is 7.53. The van der Waals surface area contributed by atoms with Crippen LogP contribution in [0.1, 0.15) is 55.6 Å². The number of hydrogen-bond donors (Lipinski definition) is 0. The van der Waals surface area contributed by atoms with Crippen molar-refractivity contribution < 1.29 is 4.79 Å². The summed E-state index contributed by atoms with van der Waals surface area (Å²) >= 11 is 0. The zero-order valence-corrected chi connectivity index (χ0v) is 16.7. The molecule has 1 fully saturated rings. The van der Waals surface area contributed by atoms with E-state index in [0.29, 0.717) is 36.1 Å². The van der Waals surface area contributed by atoms with Crippen molar-refractivity contribution >= 4 is 16.7 Å². The molecule has 0 bridgehead atoms. The third-order valence-electron chi connectivity index (χ3n) is 5.61. The van der Waals surface area contributed by atoms with Crippen LogP contribution >= 0.6 is 0 Å². The summed E-state index contributed by atoms with van der Waals surface area (Å²) in [5, 5.41) is 9.91. The number of aryl methyl sites for hydroxylation is 1. The fraction of sp³-hybridized carbons (Fsp3) is 0.476. The molecule has 2 aromatic heterocycles. The summed E-state index contributed by atoms with van der Waals surface area (Å²) in [6.45, 7) is 3.92. The summed E-state index contributed by atoms with van der Waals surface area (Å²) < 4.78 is 3.33. The van der Waals surface area contributed by atoms with Crippen LogP contribution in [0.25, 0.3) is 10.8 Å². The summed E-state index contributed by atoms with van der Waals surface area (Å²) in [7, 11) is 0. The number of amides is 1. The molecule has 0 N–H and O–H groups in total. The van der Waals surface area contributed by atoms with Gasteiger partial charge in [0.15, 0.2) is 5.69 Å². The average molecular weight is 394 g/mol. The Hall–Kier alpha value is -3.03. The van der Waals surface area contributed by atoms with Crippen LogP contribution in [0.4, 0.5) is 0 Å². The highest BCUT2D eigenvalue weighted by atomic mass is 16.2. The third-order valence-corrected chi connectivity index (χ3v) is 5.61. The first-order valence-corrected chi connectivity index (χ1v) is 10.3. The van der Waals surface area contributed by atoms with E-state index in [1.807, 2.05) is 27.8 Å². The molecule has 152 valence electrons. The Labute approximate surface area is 169 Å². The molecule has 3 heterocycles. The molecule has 0 saturated carbocycles. The van der Waals surface area contributed by atoms with Crippen LogP contribution < -0.4 is 5.56 Å². The van der Waals surface area contributed by atoms with Gasteiger partial charge in [-0.3, -0.25) is 9.59 Å². The third kappa shape index (κ3) is 3.92. The highest BCUT2D eigenvalue weighted by Gasteiger charge is 2.27. The topological polar surface area (TPSA) is 85.9 Å². The maximum absolute atomic E-state index is 13.3. The fourth-order valence-electron chi connectivity index (χ4n) is 3.95. The van der Waals surface area contributed by atoms with Crippen molar-refractivity contribution in [2.45, 2.75) is 51.6 Å². The summed E-state index contributed by atoms with van der Waals surface area (Å²) in [5.74, 6) is -0.109. The van der Waals surface area contributed by atoms with Gasteiger partial charge in [-0.15, -0.1) is 0 Å². The molecule has 8 heteroatoms. The van der Waals surface area contributed by atoms with Crippen LogP contribution in [0, 0.1) is 0 Å². The number of rotatable bonds is 6. The van der Waals surface area contributed by atoms with Crippen molar-refractivity contribution in [3.05, 3.63) is 53.0 Å². The van der Waals surface area contributed by atoms with Gasteiger partial charge < -0.3 is 4.90 Å². The number of aromatic nitrogens is 5. The Morgan fingerprint density at radius 3 is 2.59 bits per heavy atom. The lowest BCUT2D eigenvalue weighted by Gasteiger charge is -2.31. The number of fused-ring (bicyclic) bond motifs is 1. The Bertz CT molecular complexity index is 1040. The van der Waals surface area contributed by atoms with Crippen molar-refractivity contribution in [3.8, 4) is 0 Å². The summed E-state index contributed by atoms with van der Waals surface area (Å²) in [6.07, 6.45) is 7.87. The highest BCUT2D eigenvalue weighted by Crippen LogP contribution is 2.23. The average Bonchev–Trinajstić information content (AvgIpc) is 3.30. The molecule has 29 heavy (non-hydrogen) atoms. The normalized spacial score (nSPS) is 15.1. The first-order valence-electron chi connectivity index (χ1n) is 10.3. The SMILES string of the molecule is CCCCCn1nc(C(=O)N2CCC(n3cncn3)CC2)c2ccccc2c1=O. The van der Waals surface area contributed by atoms with Crippen molar-refractivity contribution in [1.29, 1.82) is 0 Å². The lowest BCUT2D eigenvalue weighted by molar-refractivity contribution is 0.0683. The second-order valence-electron chi connectivity index (χ2n) is 7.53. The van der Waals surface area contributed by atoms with E-state index < -0.39 is 0 Å². The van der Waals surface area contributed by atoms with Crippen LogP contribution in [0.5, 0.6) is 0 Å². The first kappa shape index (κ1) is 19.3. The van der Waals surface area contributed by atoms with Crippen LogP contribution in [-0.2, 0) is 6.54 Å². The van der Waals surface area contributed by atoms with E-state index in [4.69, 9.17) is 0 Å². The molecule has 0 atom stereocenters. The minimum atomic E-state index is -0.127. The number of likely N-dealkylation sites (tertiary alicyclic amines) is 1. The molecule has 1 amide bonds. The minimum Gasteiger partial charge on any atom is -0.337 e. The molecule has 0 unspecified atom stereocenters. The second-order valence-corrected chi connectivity index (χ2v) is 7.53. The lowest BCUT2D eigenvalue weighted by Crippen LogP contribution is -2.40. The molecule has 1 saturated heterocycles. The van der Waals surface area contributed by atoms with Crippen molar-refractivity contribution in [2.24, 2.45) is 0 Å². The Kier molecular flexibility index (Phi) is 5.69. The predicted molar refractivity (Wildman–Crippen MR) is 110 cm³/mol. The van der Waals surface area contributed by atoms with Crippen LogP contribution in [-0.4, -0.2) is 48.4 Å². The lowest BCUT2D eigenvalue weighted by atomic mass is 10.0. The number of piperidine rings is 1. The van der Waals surface area contributed by atoms with Gasteiger partial charge in [-0.1, -0.05) is 38.0 Å². The summed E-state index contributed by atoms with van der Waals surface area (Å²) in [5.41, 5.74) is 0.244. The standard InChI is InChI=1S/C21H26N6O2/c1-2-3-6-11-26-20(28)18-8-5-4-7-17(18)19(24-26)21(29)25-12-9-16(10-13-25)27-15-22-14-23-27/h4-5,7-8,14-16H,2-3,6,9-13H2,1H3. The number of carbonyl (C=O) groups excluding carboxylic acids is 1. The molecule has 0 aliphatic carbocycles. The van der Waals surface area contributed by atoms with E-state index in [-0.39, 0.29) is 17.5 Å². The van der Waals surface area contributed by atoms with E-state index in [1.54, 1.807) is 12.4 Å². The maximum Gasteiger partial charge on any atom is 0.274 e. The van der Waals surface area contributed by atoms with Gasteiger partial charge in [-0.25, -0.2) is 14.3 Å². The Balaban J connectivity index is 1.60. The monoisotopic (exact) mass is 394 g/mol. The molecule has 1 aliphatic heterocycles. The van der Waals surface area contributed by atoms with Gasteiger partial charge in [0, 0.05) is 25.0 Å². The zero-order valence-electron chi connectivity index (χ0n) is 16.7. The van der Waals surface area contributed by atoms with Gasteiger partial charge in [0.2, 0.25) is 0 Å². The van der Waals surface area contributed by atoms with E-state index in [2.05, 4.69) is 22.1 Å². The molecule has 4 rings (SSSR count). The van der Waals surface area contributed by atoms with E-state index >= 15 is 0 Å². The van der Waals surface area contributed by atoms with Crippen LogP contribution in [0.15, 0.2) is 41.7 Å². The quantitative estimate of drug-likeness (QED) is 0.600. The minimum absolute atomic E-state index is 0.109. The van der Waals surface area contributed by atoms with Gasteiger partial charge in [0.25, 0.3) is 11.5 Å².